The number of amides is 1. The molecule has 1 aromatic carbocycles. The van der Waals surface area contributed by atoms with Crippen LogP contribution in [0.4, 0.5) is 0 Å². The number of aromatic nitrogens is 2. The summed E-state index contributed by atoms with van der Waals surface area (Å²) in [5.41, 5.74) is 2.17. The molecule has 0 saturated heterocycles. The first-order valence-corrected chi connectivity index (χ1v) is 8.46. The van der Waals surface area contributed by atoms with E-state index in [1.165, 1.54) is 0 Å². The first kappa shape index (κ1) is 16.6. The number of carbonyl (C=O) groups excluding carboxylic acids is 1. The minimum Gasteiger partial charge on any atom is -0.481 e. The molecule has 0 N–H and O–H groups in total. The lowest BCUT2D eigenvalue weighted by atomic mass is 10.1. The second kappa shape index (κ2) is 6.67. The van der Waals surface area contributed by atoms with E-state index in [1.54, 1.807) is 6.20 Å². The minimum absolute atomic E-state index is 0.0291. The third-order valence-corrected chi connectivity index (χ3v) is 4.50. The zero-order valence-electron chi connectivity index (χ0n) is 14.8. The molecular weight excluding hydrogens is 302 g/mol. The molecule has 0 spiro atoms. The summed E-state index contributed by atoms with van der Waals surface area (Å²) >= 11 is 0. The SMILES string of the molecule is Cc1ccc(C)c(O[C@@H](C)C(=O)N(Cc2nccn2C)C2CC2)c1. The molecule has 0 radical (unpaired) electrons. The van der Waals surface area contributed by atoms with E-state index in [0.29, 0.717) is 12.6 Å². The van der Waals surface area contributed by atoms with Gasteiger partial charge in [-0.2, -0.15) is 0 Å². The van der Waals surface area contributed by atoms with E-state index in [4.69, 9.17) is 4.74 Å². The summed E-state index contributed by atoms with van der Waals surface area (Å²) in [5, 5.41) is 0. The highest BCUT2D eigenvalue weighted by atomic mass is 16.5. The van der Waals surface area contributed by atoms with Gasteiger partial charge in [0.1, 0.15) is 11.6 Å². The summed E-state index contributed by atoms with van der Waals surface area (Å²) < 4.78 is 7.93. The average molecular weight is 327 g/mol. The van der Waals surface area contributed by atoms with Crippen LogP contribution in [0.15, 0.2) is 30.6 Å². The fourth-order valence-electron chi connectivity index (χ4n) is 2.78. The second-order valence-electron chi connectivity index (χ2n) is 6.68. The van der Waals surface area contributed by atoms with Crippen LogP contribution in [-0.4, -0.2) is 32.5 Å². The van der Waals surface area contributed by atoms with E-state index < -0.39 is 6.10 Å². The molecule has 1 aliphatic rings. The summed E-state index contributed by atoms with van der Waals surface area (Å²) in [6.45, 7) is 6.39. The molecule has 1 atom stereocenters. The molecule has 5 nitrogen and oxygen atoms in total. The molecule has 0 aliphatic heterocycles. The topological polar surface area (TPSA) is 47.4 Å². The number of aryl methyl sites for hydroxylation is 3. The molecule has 1 heterocycles. The van der Waals surface area contributed by atoms with Crippen molar-refractivity contribution in [1.29, 1.82) is 0 Å². The maximum atomic E-state index is 12.9. The van der Waals surface area contributed by atoms with Crippen LogP contribution in [0.3, 0.4) is 0 Å². The van der Waals surface area contributed by atoms with Crippen LogP contribution < -0.4 is 4.74 Å². The predicted molar refractivity (Wildman–Crippen MR) is 92.8 cm³/mol. The lowest BCUT2D eigenvalue weighted by molar-refractivity contribution is -0.139. The molecule has 2 aromatic rings. The maximum Gasteiger partial charge on any atom is 0.264 e. The normalized spacial score (nSPS) is 15.2. The zero-order valence-corrected chi connectivity index (χ0v) is 14.8. The number of hydrogen-bond donors (Lipinski definition) is 0. The Bertz CT molecular complexity index is 734. The molecule has 1 saturated carbocycles. The Morgan fingerprint density at radius 1 is 1.42 bits per heavy atom. The molecule has 24 heavy (non-hydrogen) atoms. The van der Waals surface area contributed by atoms with Crippen molar-refractivity contribution in [2.45, 2.75) is 52.3 Å². The Labute approximate surface area is 143 Å². The van der Waals surface area contributed by atoms with Crippen LogP contribution in [0.5, 0.6) is 5.75 Å². The molecule has 3 rings (SSSR count). The molecule has 1 amide bonds. The molecule has 1 aromatic heterocycles. The van der Waals surface area contributed by atoms with Crippen molar-refractivity contribution in [2.24, 2.45) is 7.05 Å². The van der Waals surface area contributed by atoms with Crippen molar-refractivity contribution >= 4 is 5.91 Å². The third kappa shape index (κ3) is 3.61. The quantitative estimate of drug-likeness (QED) is 0.819. The van der Waals surface area contributed by atoms with Gasteiger partial charge in [-0.3, -0.25) is 4.79 Å². The standard InChI is InChI=1S/C19H25N3O2/c1-13-5-6-14(2)17(11-13)24-15(3)19(23)22(16-7-8-16)12-18-20-9-10-21(18)4/h5-6,9-11,15-16H,7-8,12H2,1-4H3/t15-/m0/s1. The predicted octanol–water partition coefficient (Wildman–Crippen LogP) is 3.00. The van der Waals surface area contributed by atoms with Gasteiger partial charge in [0.05, 0.1) is 6.54 Å². The van der Waals surface area contributed by atoms with Crippen LogP contribution in [0.1, 0.15) is 36.7 Å². The summed E-state index contributed by atoms with van der Waals surface area (Å²) in [7, 11) is 1.95. The first-order valence-electron chi connectivity index (χ1n) is 8.46. The van der Waals surface area contributed by atoms with Gasteiger partial charge in [-0.05, 0) is 50.8 Å². The Morgan fingerprint density at radius 3 is 2.79 bits per heavy atom. The minimum atomic E-state index is -0.508. The molecule has 5 heteroatoms. The molecule has 0 bridgehead atoms. The highest BCUT2D eigenvalue weighted by molar-refractivity contribution is 5.81. The Kier molecular flexibility index (Phi) is 4.60. The second-order valence-corrected chi connectivity index (χ2v) is 6.68. The largest absolute Gasteiger partial charge is 0.481 e. The van der Waals surface area contributed by atoms with Crippen molar-refractivity contribution in [2.75, 3.05) is 0 Å². The number of benzene rings is 1. The average Bonchev–Trinajstić information content (AvgIpc) is 3.31. The number of carbonyl (C=O) groups is 1. The van der Waals surface area contributed by atoms with Gasteiger partial charge in [0.2, 0.25) is 0 Å². The van der Waals surface area contributed by atoms with Gasteiger partial charge in [-0.15, -0.1) is 0 Å². The Hall–Kier alpha value is -2.30. The van der Waals surface area contributed by atoms with Gasteiger partial charge in [-0.25, -0.2) is 4.98 Å². The summed E-state index contributed by atoms with van der Waals surface area (Å²) in [4.78, 5) is 19.2. The van der Waals surface area contributed by atoms with Gasteiger partial charge in [0, 0.05) is 25.5 Å². The fraction of sp³-hybridized carbons (Fsp3) is 0.474. The Morgan fingerprint density at radius 2 is 2.17 bits per heavy atom. The van der Waals surface area contributed by atoms with Crippen LogP contribution in [-0.2, 0) is 18.4 Å². The first-order chi connectivity index (χ1) is 11.5. The molecule has 128 valence electrons. The lowest BCUT2D eigenvalue weighted by Gasteiger charge is -2.26. The third-order valence-electron chi connectivity index (χ3n) is 4.50. The molecule has 1 aliphatic carbocycles. The summed E-state index contributed by atoms with van der Waals surface area (Å²) in [5.74, 6) is 1.71. The van der Waals surface area contributed by atoms with Gasteiger partial charge in [0.25, 0.3) is 5.91 Å². The van der Waals surface area contributed by atoms with E-state index in [2.05, 4.69) is 4.98 Å². The number of rotatable bonds is 6. The number of imidazole rings is 1. The number of hydrogen-bond acceptors (Lipinski definition) is 3. The smallest absolute Gasteiger partial charge is 0.264 e. The Balaban J connectivity index is 1.72. The number of ether oxygens (including phenoxy) is 1. The maximum absolute atomic E-state index is 12.9. The van der Waals surface area contributed by atoms with Gasteiger partial charge in [0.15, 0.2) is 6.10 Å². The van der Waals surface area contributed by atoms with E-state index in [-0.39, 0.29) is 5.91 Å². The van der Waals surface area contributed by atoms with E-state index in [9.17, 15) is 4.79 Å². The van der Waals surface area contributed by atoms with Gasteiger partial charge < -0.3 is 14.2 Å². The highest BCUT2D eigenvalue weighted by Crippen LogP contribution is 2.29. The van der Waals surface area contributed by atoms with Crippen molar-refractivity contribution in [3.8, 4) is 5.75 Å². The van der Waals surface area contributed by atoms with E-state index in [1.807, 2.05) is 61.7 Å². The highest BCUT2D eigenvalue weighted by Gasteiger charge is 2.36. The van der Waals surface area contributed by atoms with Gasteiger partial charge in [-0.1, -0.05) is 12.1 Å². The number of nitrogens with zero attached hydrogens (tertiary/aromatic N) is 3. The van der Waals surface area contributed by atoms with Gasteiger partial charge >= 0.3 is 0 Å². The van der Waals surface area contributed by atoms with Crippen LogP contribution in [0.25, 0.3) is 0 Å². The van der Waals surface area contributed by atoms with Crippen molar-refractivity contribution in [3.63, 3.8) is 0 Å². The van der Waals surface area contributed by atoms with Crippen molar-refractivity contribution < 1.29 is 9.53 Å². The summed E-state index contributed by atoms with van der Waals surface area (Å²) in [6.07, 6.45) is 5.28. The lowest BCUT2D eigenvalue weighted by Crippen LogP contribution is -2.42. The van der Waals surface area contributed by atoms with Crippen LogP contribution in [0, 0.1) is 13.8 Å². The van der Waals surface area contributed by atoms with Crippen LogP contribution >= 0.6 is 0 Å². The molecular formula is C19H25N3O2. The van der Waals surface area contributed by atoms with E-state index >= 15 is 0 Å². The summed E-state index contributed by atoms with van der Waals surface area (Å²) in [6, 6.07) is 6.37. The van der Waals surface area contributed by atoms with Crippen LogP contribution in [0.2, 0.25) is 0 Å². The molecule has 0 unspecified atom stereocenters. The fourth-order valence-corrected chi connectivity index (χ4v) is 2.78. The van der Waals surface area contributed by atoms with Crippen molar-refractivity contribution in [3.05, 3.63) is 47.5 Å². The van der Waals surface area contributed by atoms with Crippen molar-refractivity contribution in [1.82, 2.24) is 14.5 Å². The monoisotopic (exact) mass is 327 g/mol. The zero-order chi connectivity index (χ0) is 17.3. The molecule has 1 fully saturated rings. The van der Waals surface area contributed by atoms with E-state index in [0.717, 1.165) is 35.5 Å².